The highest BCUT2D eigenvalue weighted by atomic mass is 32.1. The second kappa shape index (κ2) is 4.82. The summed E-state index contributed by atoms with van der Waals surface area (Å²) in [6.07, 6.45) is 0. The number of benzene rings is 1. The lowest BCUT2D eigenvalue weighted by Crippen LogP contribution is -2.11. The van der Waals surface area contributed by atoms with Crippen LogP contribution in [0.2, 0.25) is 0 Å². The van der Waals surface area contributed by atoms with Crippen LogP contribution in [-0.4, -0.2) is 5.91 Å². The Kier molecular flexibility index (Phi) is 3.39. The average molecular weight is 260 g/mol. The highest BCUT2D eigenvalue weighted by molar-refractivity contribution is 7.14. The van der Waals surface area contributed by atoms with Gasteiger partial charge in [0.25, 0.3) is 5.91 Å². The number of nitrogen functional groups attached to an aromatic ring is 1. The molecule has 0 aliphatic heterocycles. The van der Waals surface area contributed by atoms with Crippen molar-refractivity contribution < 1.29 is 4.79 Å². The fourth-order valence-corrected chi connectivity index (χ4v) is 2.51. The van der Waals surface area contributed by atoms with Gasteiger partial charge in [-0.1, -0.05) is 6.07 Å². The lowest BCUT2D eigenvalue weighted by atomic mass is 10.1. The van der Waals surface area contributed by atoms with Gasteiger partial charge in [0.15, 0.2) is 0 Å². The molecule has 0 atom stereocenters. The van der Waals surface area contributed by atoms with Gasteiger partial charge in [-0.2, -0.15) is 0 Å². The van der Waals surface area contributed by atoms with Crippen LogP contribution in [0.25, 0.3) is 0 Å². The largest absolute Gasteiger partial charge is 0.398 e. The predicted molar refractivity (Wildman–Crippen MR) is 77.3 cm³/mol. The molecule has 1 amide bonds. The molecule has 0 unspecified atom stereocenters. The van der Waals surface area contributed by atoms with E-state index >= 15 is 0 Å². The first-order valence-corrected chi connectivity index (χ1v) is 6.53. The Morgan fingerprint density at radius 3 is 2.50 bits per heavy atom. The summed E-state index contributed by atoms with van der Waals surface area (Å²) in [5.41, 5.74) is 9.37. The lowest BCUT2D eigenvalue weighted by Gasteiger charge is -2.10. The molecule has 94 valence electrons. The van der Waals surface area contributed by atoms with Gasteiger partial charge in [-0.05, 0) is 50.1 Å². The molecule has 0 aliphatic rings. The molecule has 3 nitrogen and oxygen atoms in total. The van der Waals surface area contributed by atoms with E-state index in [1.165, 1.54) is 11.3 Å². The number of anilines is 2. The average Bonchev–Trinajstić information content (AvgIpc) is 2.73. The molecular weight excluding hydrogens is 244 g/mol. The first kappa shape index (κ1) is 12.6. The van der Waals surface area contributed by atoms with E-state index in [1.807, 2.05) is 45.0 Å². The van der Waals surface area contributed by atoms with Crippen LogP contribution in [0.5, 0.6) is 0 Å². The Hall–Kier alpha value is -1.81. The zero-order valence-electron chi connectivity index (χ0n) is 10.7. The second-order valence-electron chi connectivity index (χ2n) is 4.39. The zero-order chi connectivity index (χ0) is 13.3. The van der Waals surface area contributed by atoms with Crippen LogP contribution in [0.3, 0.4) is 0 Å². The minimum atomic E-state index is -0.0838. The molecule has 4 heteroatoms. The smallest absolute Gasteiger partial charge is 0.265 e. The minimum absolute atomic E-state index is 0.0838. The fourth-order valence-electron chi connectivity index (χ4n) is 1.74. The zero-order valence-corrected chi connectivity index (χ0v) is 11.5. The first-order valence-electron chi connectivity index (χ1n) is 5.72. The summed E-state index contributed by atoms with van der Waals surface area (Å²) >= 11 is 1.49. The van der Waals surface area contributed by atoms with Gasteiger partial charge in [-0.3, -0.25) is 4.79 Å². The second-order valence-corrected chi connectivity index (χ2v) is 5.68. The molecule has 0 fully saturated rings. The van der Waals surface area contributed by atoms with Gasteiger partial charge >= 0.3 is 0 Å². The molecule has 3 N–H and O–H groups in total. The number of rotatable bonds is 2. The van der Waals surface area contributed by atoms with Crippen molar-refractivity contribution in [3.63, 3.8) is 0 Å². The van der Waals surface area contributed by atoms with Crippen molar-refractivity contribution in [2.75, 3.05) is 11.1 Å². The third-order valence-electron chi connectivity index (χ3n) is 2.83. The van der Waals surface area contributed by atoms with Gasteiger partial charge in [-0.15, -0.1) is 11.3 Å². The number of amides is 1. The van der Waals surface area contributed by atoms with Crippen molar-refractivity contribution in [2.24, 2.45) is 0 Å². The van der Waals surface area contributed by atoms with Gasteiger partial charge < -0.3 is 11.1 Å². The van der Waals surface area contributed by atoms with Crippen LogP contribution < -0.4 is 11.1 Å². The van der Waals surface area contributed by atoms with Gasteiger partial charge in [0.05, 0.1) is 4.88 Å². The number of carbonyl (C=O) groups excluding carboxylic acids is 1. The van der Waals surface area contributed by atoms with E-state index in [4.69, 9.17) is 5.73 Å². The summed E-state index contributed by atoms with van der Waals surface area (Å²) in [6, 6.07) is 7.56. The molecule has 2 aromatic rings. The number of aryl methyl sites for hydroxylation is 3. The highest BCUT2D eigenvalue weighted by Crippen LogP contribution is 2.24. The van der Waals surface area contributed by atoms with Gasteiger partial charge in [-0.25, -0.2) is 0 Å². The molecule has 0 spiro atoms. The molecule has 1 aromatic heterocycles. The summed E-state index contributed by atoms with van der Waals surface area (Å²) < 4.78 is 0. The van der Waals surface area contributed by atoms with Crippen LogP contribution in [0.4, 0.5) is 11.4 Å². The van der Waals surface area contributed by atoms with Crippen LogP contribution >= 0.6 is 11.3 Å². The number of hydrogen-bond acceptors (Lipinski definition) is 3. The minimum Gasteiger partial charge on any atom is -0.398 e. The van der Waals surface area contributed by atoms with E-state index in [0.717, 1.165) is 21.7 Å². The van der Waals surface area contributed by atoms with Gasteiger partial charge in [0.2, 0.25) is 0 Å². The van der Waals surface area contributed by atoms with E-state index < -0.39 is 0 Å². The molecule has 0 radical (unpaired) electrons. The normalized spacial score (nSPS) is 10.4. The lowest BCUT2D eigenvalue weighted by molar-refractivity contribution is 0.103. The summed E-state index contributed by atoms with van der Waals surface area (Å²) in [5.74, 6) is -0.0838. The van der Waals surface area contributed by atoms with Crippen LogP contribution in [0.1, 0.15) is 25.7 Å². The number of nitrogens with one attached hydrogen (secondary N) is 1. The monoisotopic (exact) mass is 260 g/mol. The Labute approximate surface area is 111 Å². The third kappa shape index (κ3) is 2.54. The van der Waals surface area contributed by atoms with E-state index in [1.54, 1.807) is 0 Å². The number of thiophene rings is 1. The van der Waals surface area contributed by atoms with Crippen LogP contribution in [0.15, 0.2) is 24.3 Å². The van der Waals surface area contributed by atoms with Crippen molar-refractivity contribution >= 4 is 28.6 Å². The highest BCUT2D eigenvalue weighted by Gasteiger charge is 2.10. The molecule has 1 aromatic carbocycles. The van der Waals surface area contributed by atoms with E-state index in [2.05, 4.69) is 5.32 Å². The maximum Gasteiger partial charge on any atom is 0.265 e. The Morgan fingerprint density at radius 2 is 1.89 bits per heavy atom. The maximum atomic E-state index is 12.0. The number of hydrogen-bond donors (Lipinski definition) is 2. The Morgan fingerprint density at radius 1 is 1.17 bits per heavy atom. The molecular formula is C14H16N2OS. The standard InChI is InChI=1S/C14H16N2OS/c1-8-6-9(2)12(7-11(8)15)16-14(17)13-5-4-10(3)18-13/h4-7H,15H2,1-3H3,(H,16,17). The van der Waals surface area contributed by atoms with Gasteiger partial charge in [0.1, 0.15) is 0 Å². The Bertz CT molecular complexity index is 602. The van der Waals surface area contributed by atoms with Crippen molar-refractivity contribution in [3.05, 3.63) is 45.1 Å². The van der Waals surface area contributed by atoms with Crippen molar-refractivity contribution in [3.8, 4) is 0 Å². The molecule has 18 heavy (non-hydrogen) atoms. The quantitative estimate of drug-likeness (QED) is 0.812. The maximum absolute atomic E-state index is 12.0. The fraction of sp³-hybridized carbons (Fsp3) is 0.214. The number of carbonyl (C=O) groups is 1. The van der Waals surface area contributed by atoms with Crippen molar-refractivity contribution in [1.29, 1.82) is 0 Å². The molecule has 0 aliphatic carbocycles. The van der Waals surface area contributed by atoms with Crippen molar-refractivity contribution in [1.82, 2.24) is 0 Å². The molecule has 2 rings (SSSR count). The molecule has 0 saturated carbocycles. The van der Waals surface area contributed by atoms with Crippen LogP contribution in [0, 0.1) is 20.8 Å². The van der Waals surface area contributed by atoms with E-state index in [9.17, 15) is 4.79 Å². The van der Waals surface area contributed by atoms with E-state index in [0.29, 0.717) is 10.6 Å². The molecule has 0 bridgehead atoms. The first-order chi connectivity index (χ1) is 8.47. The SMILES string of the molecule is Cc1ccc(C(=O)Nc2cc(N)c(C)cc2C)s1. The Balaban J connectivity index is 2.24. The summed E-state index contributed by atoms with van der Waals surface area (Å²) in [5, 5.41) is 2.90. The summed E-state index contributed by atoms with van der Waals surface area (Å²) in [6.45, 7) is 5.90. The number of nitrogens with two attached hydrogens (primary N) is 1. The van der Waals surface area contributed by atoms with Crippen LogP contribution in [-0.2, 0) is 0 Å². The predicted octanol–water partition coefficient (Wildman–Crippen LogP) is 3.51. The molecule has 1 heterocycles. The van der Waals surface area contributed by atoms with Crippen molar-refractivity contribution in [2.45, 2.75) is 20.8 Å². The summed E-state index contributed by atoms with van der Waals surface area (Å²) in [7, 11) is 0. The van der Waals surface area contributed by atoms with Gasteiger partial charge in [0, 0.05) is 16.3 Å². The summed E-state index contributed by atoms with van der Waals surface area (Å²) in [4.78, 5) is 13.9. The topological polar surface area (TPSA) is 55.1 Å². The third-order valence-corrected chi connectivity index (χ3v) is 3.82. The van der Waals surface area contributed by atoms with E-state index in [-0.39, 0.29) is 5.91 Å². The molecule has 0 saturated heterocycles.